The molecule has 0 N–H and O–H groups in total. The summed E-state index contributed by atoms with van der Waals surface area (Å²) >= 11 is 13.4. The van der Waals surface area contributed by atoms with Crippen LogP contribution in [0.25, 0.3) is 10.1 Å². The lowest BCUT2D eigenvalue weighted by Crippen LogP contribution is -2.24. The van der Waals surface area contributed by atoms with Crippen molar-refractivity contribution >= 4 is 56.4 Å². The maximum absolute atomic E-state index is 12.4. The fourth-order valence-electron chi connectivity index (χ4n) is 2.28. The van der Waals surface area contributed by atoms with E-state index >= 15 is 0 Å². The van der Waals surface area contributed by atoms with Crippen LogP contribution in [-0.2, 0) is 4.74 Å². The van der Waals surface area contributed by atoms with E-state index in [1.54, 1.807) is 49.4 Å². The van der Waals surface area contributed by atoms with Gasteiger partial charge in [0.2, 0.25) is 5.78 Å². The van der Waals surface area contributed by atoms with Gasteiger partial charge in [-0.2, -0.15) is 0 Å². The number of carbonyl (C=O) groups is 2. The zero-order valence-electron chi connectivity index (χ0n) is 12.6. The predicted octanol–water partition coefficient (Wildman–Crippen LogP) is 5.64. The molecule has 0 radical (unpaired) electrons. The Morgan fingerprint density at radius 2 is 1.79 bits per heavy atom. The molecule has 3 aromatic rings. The van der Waals surface area contributed by atoms with Crippen molar-refractivity contribution in [1.82, 2.24) is 0 Å². The molecule has 0 saturated heterocycles. The van der Waals surface area contributed by atoms with Crippen molar-refractivity contribution in [3.05, 3.63) is 69.0 Å². The molecule has 3 nitrogen and oxygen atoms in total. The quantitative estimate of drug-likeness (QED) is 0.436. The number of hydrogen-bond acceptors (Lipinski definition) is 4. The first-order valence-corrected chi connectivity index (χ1v) is 8.72. The van der Waals surface area contributed by atoms with E-state index in [1.807, 2.05) is 6.07 Å². The van der Waals surface area contributed by atoms with Crippen LogP contribution in [0.3, 0.4) is 0 Å². The summed E-state index contributed by atoms with van der Waals surface area (Å²) in [6.45, 7) is 1.55. The van der Waals surface area contributed by atoms with Gasteiger partial charge in [0, 0.05) is 20.7 Å². The van der Waals surface area contributed by atoms with Crippen LogP contribution < -0.4 is 0 Å². The standard InChI is InChI=1S/C18H12Cl2O3S/c1-10(16(21)11-5-3-2-4-6-11)23-18(22)17-15(20)13-8-7-12(19)9-14(13)24-17/h2-10H,1H3. The highest BCUT2D eigenvalue weighted by atomic mass is 35.5. The number of benzene rings is 2. The summed E-state index contributed by atoms with van der Waals surface area (Å²) in [5, 5.41) is 1.61. The molecule has 122 valence electrons. The number of rotatable bonds is 4. The lowest BCUT2D eigenvalue weighted by Gasteiger charge is -2.11. The van der Waals surface area contributed by atoms with Crippen molar-refractivity contribution in [2.45, 2.75) is 13.0 Å². The Morgan fingerprint density at radius 1 is 1.08 bits per heavy atom. The minimum absolute atomic E-state index is 0.260. The summed E-state index contributed by atoms with van der Waals surface area (Å²) in [7, 11) is 0. The zero-order chi connectivity index (χ0) is 17.3. The van der Waals surface area contributed by atoms with Crippen LogP contribution in [0, 0.1) is 0 Å². The van der Waals surface area contributed by atoms with Crippen LogP contribution in [0.4, 0.5) is 0 Å². The number of fused-ring (bicyclic) bond motifs is 1. The number of thiophene rings is 1. The fraction of sp³-hybridized carbons (Fsp3) is 0.111. The van der Waals surface area contributed by atoms with Crippen LogP contribution in [0.1, 0.15) is 27.0 Å². The van der Waals surface area contributed by atoms with Crippen LogP contribution in [0.15, 0.2) is 48.5 Å². The van der Waals surface area contributed by atoms with Gasteiger partial charge in [0.15, 0.2) is 6.10 Å². The van der Waals surface area contributed by atoms with Crippen molar-refractivity contribution in [3.8, 4) is 0 Å². The van der Waals surface area contributed by atoms with Crippen LogP contribution in [0.2, 0.25) is 10.0 Å². The normalized spacial score (nSPS) is 12.1. The number of halogens is 2. The molecule has 0 bridgehead atoms. The van der Waals surface area contributed by atoms with Gasteiger partial charge in [0.1, 0.15) is 4.88 Å². The van der Waals surface area contributed by atoms with Crippen molar-refractivity contribution in [2.75, 3.05) is 0 Å². The van der Waals surface area contributed by atoms with Gasteiger partial charge in [0.25, 0.3) is 0 Å². The zero-order valence-corrected chi connectivity index (χ0v) is 14.9. The minimum atomic E-state index is -0.898. The second-order valence-electron chi connectivity index (χ2n) is 5.16. The van der Waals surface area contributed by atoms with Crippen LogP contribution >= 0.6 is 34.5 Å². The highest BCUT2D eigenvalue weighted by Crippen LogP contribution is 2.37. The topological polar surface area (TPSA) is 43.4 Å². The smallest absolute Gasteiger partial charge is 0.350 e. The summed E-state index contributed by atoms with van der Waals surface area (Å²) in [6.07, 6.45) is -0.898. The maximum atomic E-state index is 12.4. The number of esters is 1. The van der Waals surface area contributed by atoms with Crippen molar-refractivity contribution in [1.29, 1.82) is 0 Å². The molecule has 0 amide bonds. The average molecular weight is 379 g/mol. The SMILES string of the molecule is CC(OC(=O)c1sc2cc(Cl)ccc2c1Cl)C(=O)c1ccccc1. The molecule has 24 heavy (non-hydrogen) atoms. The van der Waals surface area contributed by atoms with Gasteiger partial charge in [-0.05, 0) is 19.1 Å². The molecular weight excluding hydrogens is 367 g/mol. The summed E-state index contributed by atoms with van der Waals surface area (Å²) in [4.78, 5) is 24.9. The van der Waals surface area contributed by atoms with E-state index in [2.05, 4.69) is 0 Å². The second kappa shape index (κ2) is 6.93. The molecule has 3 rings (SSSR count). The molecule has 6 heteroatoms. The average Bonchev–Trinajstić information content (AvgIpc) is 2.91. The molecule has 0 saturated carbocycles. The molecule has 1 heterocycles. The molecular formula is C18H12Cl2O3S. The van der Waals surface area contributed by atoms with E-state index in [4.69, 9.17) is 27.9 Å². The van der Waals surface area contributed by atoms with Gasteiger partial charge < -0.3 is 4.74 Å². The van der Waals surface area contributed by atoms with Gasteiger partial charge in [-0.3, -0.25) is 4.79 Å². The van der Waals surface area contributed by atoms with Crippen LogP contribution in [0.5, 0.6) is 0 Å². The van der Waals surface area contributed by atoms with Gasteiger partial charge in [-0.1, -0.05) is 59.6 Å². The third kappa shape index (κ3) is 3.31. The third-order valence-corrected chi connectivity index (χ3v) is 5.36. The molecule has 0 fully saturated rings. The molecule has 0 spiro atoms. The third-order valence-electron chi connectivity index (χ3n) is 3.49. The molecule has 1 aromatic heterocycles. The van der Waals surface area contributed by atoms with Crippen molar-refractivity contribution in [3.63, 3.8) is 0 Å². The molecule has 1 atom stereocenters. The Bertz CT molecular complexity index is 919. The van der Waals surface area contributed by atoms with E-state index in [9.17, 15) is 9.59 Å². The van der Waals surface area contributed by atoms with E-state index in [1.165, 1.54) is 11.3 Å². The lowest BCUT2D eigenvalue weighted by atomic mass is 10.1. The number of ether oxygens (including phenoxy) is 1. The Balaban J connectivity index is 1.82. The number of hydrogen-bond donors (Lipinski definition) is 0. The molecule has 2 aromatic carbocycles. The first kappa shape index (κ1) is 17.0. The van der Waals surface area contributed by atoms with Crippen molar-refractivity contribution < 1.29 is 14.3 Å². The summed E-state index contributed by atoms with van der Waals surface area (Å²) < 4.78 is 6.09. The number of Topliss-reactive ketones (excluding diaryl/α,β-unsaturated/α-hetero) is 1. The van der Waals surface area contributed by atoms with Gasteiger partial charge in [0.05, 0.1) is 5.02 Å². The first-order valence-electron chi connectivity index (χ1n) is 7.15. The van der Waals surface area contributed by atoms with Gasteiger partial charge in [-0.25, -0.2) is 4.79 Å². The molecule has 0 aliphatic carbocycles. The number of carbonyl (C=O) groups excluding carboxylic acids is 2. The highest BCUT2D eigenvalue weighted by Gasteiger charge is 2.24. The predicted molar refractivity (Wildman–Crippen MR) is 97.5 cm³/mol. The van der Waals surface area contributed by atoms with Crippen LogP contribution in [-0.4, -0.2) is 17.9 Å². The van der Waals surface area contributed by atoms with E-state index in [0.29, 0.717) is 15.6 Å². The van der Waals surface area contributed by atoms with E-state index in [-0.39, 0.29) is 10.7 Å². The minimum Gasteiger partial charge on any atom is -0.450 e. The molecule has 0 aliphatic rings. The fourth-order valence-corrected chi connectivity index (χ4v) is 3.94. The van der Waals surface area contributed by atoms with Crippen molar-refractivity contribution in [2.24, 2.45) is 0 Å². The Labute approximate surface area is 152 Å². The highest BCUT2D eigenvalue weighted by molar-refractivity contribution is 7.21. The maximum Gasteiger partial charge on any atom is 0.350 e. The number of ketones is 1. The summed E-state index contributed by atoms with van der Waals surface area (Å²) in [5.74, 6) is -0.877. The van der Waals surface area contributed by atoms with E-state index < -0.39 is 12.1 Å². The monoisotopic (exact) mass is 378 g/mol. The lowest BCUT2D eigenvalue weighted by molar-refractivity contribution is 0.0324. The van der Waals surface area contributed by atoms with Gasteiger partial charge >= 0.3 is 5.97 Å². The Morgan fingerprint density at radius 3 is 2.50 bits per heavy atom. The van der Waals surface area contributed by atoms with E-state index in [0.717, 1.165) is 10.1 Å². The largest absolute Gasteiger partial charge is 0.450 e. The first-order chi connectivity index (χ1) is 11.5. The van der Waals surface area contributed by atoms with Gasteiger partial charge in [-0.15, -0.1) is 11.3 Å². The summed E-state index contributed by atoms with van der Waals surface area (Å²) in [6, 6.07) is 13.9. The second-order valence-corrected chi connectivity index (χ2v) is 7.03. The molecule has 0 aliphatic heterocycles. The molecule has 1 unspecified atom stereocenters. The summed E-state index contributed by atoms with van der Waals surface area (Å²) in [5.41, 5.74) is 0.493. The Hall–Kier alpha value is -1.88. The Kier molecular flexibility index (Phi) is 4.90.